The molecule has 0 atom stereocenters. The number of halogens is 1. The van der Waals surface area contributed by atoms with Gasteiger partial charge < -0.3 is 11.1 Å². The van der Waals surface area contributed by atoms with Gasteiger partial charge in [0.2, 0.25) is 0 Å². The minimum absolute atomic E-state index is 0.413. The van der Waals surface area contributed by atoms with Crippen LogP contribution in [0, 0.1) is 0 Å². The molecule has 5 nitrogen and oxygen atoms in total. The first-order valence-corrected chi connectivity index (χ1v) is 7.11. The Morgan fingerprint density at radius 2 is 1.95 bits per heavy atom. The fourth-order valence-corrected chi connectivity index (χ4v) is 2.23. The van der Waals surface area contributed by atoms with Crippen LogP contribution in [0.2, 0.25) is 5.02 Å². The lowest BCUT2D eigenvalue weighted by molar-refractivity contribution is 1.10. The molecule has 0 aliphatic heterocycles. The van der Waals surface area contributed by atoms with E-state index in [0.717, 1.165) is 22.6 Å². The van der Waals surface area contributed by atoms with Gasteiger partial charge in [0.15, 0.2) is 0 Å². The van der Waals surface area contributed by atoms with E-state index in [0.29, 0.717) is 17.4 Å². The summed E-state index contributed by atoms with van der Waals surface area (Å²) in [6.07, 6.45) is 5.06. The molecule has 0 amide bonds. The quantitative estimate of drug-likeness (QED) is 0.772. The van der Waals surface area contributed by atoms with E-state index >= 15 is 0 Å². The van der Waals surface area contributed by atoms with Crippen molar-refractivity contribution in [2.45, 2.75) is 6.54 Å². The first-order chi connectivity index (χ1) is 10.7. The standard InChI is InChI=1S/C16H14ClN5/c17-13-10-20-15(18)8-12(13)14-2-1-3-16(22-14)21-9-11-4-6-19-7-5-11/h1-8,10H,9H2,(H2,18,20)(H,21,22). The Balaban J connectivity index is 1.82. The summed E-state index contributed by atoms with van der Waals surface area (Å²) in [5.41, 5.74) is 8.37. The summed E-state index contributed by atoms with van der Waals surface area (Å²) in [4.78, 5) is 12.5. The van der Waals surface area contributed by atoms with Crippen LogP contribution in [0.15, 0.2) is 55.0 Å². The molecule has 3 aromatic heterocycles. The van der Waals surface area contributed by atoms with Crippen molar-refractivity contribution in [1.29, 1.82) is 0 Å². The van der Waals surface area contributed by atoms with Gasteiger partial charge in [0.25, 0.3) is 0 Å². The van der Waals surface area contributed by atoms with E-state index in [4.69, 9.17) is 17.3 Å². The molecule has 0 unspecified atom stereocenters. The third kappa shape index (κ3) is 3.32. The lowest BCUT2D eigenvalue weighted by Gasteiger charge is -2.09. The number of nitrogens with zero attached hydrogens (tertiary/aromatic N) is 3. The molecule has 0 spiro atoms. The van der Waals surface area contributed by atoms with Crippen molar-refractivity contribution in [3.05, 3.63) is 65.6 Å². The summed E-state index contributed by atoms with van der Waals surface area (Å²) in [6, 6.07) is 11.3. The lowest BCUT2D eigenvalue weighted by Crippen LogP contribution is -2.02. The molecular formula is C16H14ClN5. The molecule has 6 heteroatoms. The smallest absolute Gasteiger partial charge is 0.126 e. The van der Waals surface area contributed by atoms with Crippen molar-refractivity contribution in [3.63, 3.8) is 0 Å². The number of rotatable bonds is 4. The molecule has 22 heavy (non-hydrogen) atoms. The van der Waals surface area contributed by atoms with Gasteiger partial charge in [0.05, 0.1) is 10.7 Å². The van der Waals surface area contributed by atoms with Gasteiger partial charge in [-0.2, -0.15) is 0 Å². The van der Waals surface area contributed by atoms with Crippen LogP contribution in [0.4, 0.5) is 11.6 Å². The summed E-state index contributed by atoms with van der Waals surface area (Å²) in [6.45, 7) is 0.672. The third-order valence-corrected chi connectivity index (χ3v) is 3.43. The molecule has 110 valence electrons. The number of aromatic nitrogens is 3. The van der Waals surface area contributed by atoms with Gasteiger partial charge in [0, 0.05) is 30.7 Å². The molecule has 0 bridgehead atoms. The molecule has 3 heterocycles. The van der Waals surface area contributed by atoms with Crippen LogP contribution in [-0.4, -0.2) is 15.0 Å². The van der Waals surface area contributed by atoms with Crippen molar-refractivity contribution < 1.29 is 0 Å². The van der Waals surface area contributed by atoms with E-state index in [1.807, 2.05) is 30.3 Å². The van der Waals surface area contributed by atoms with E-state index in [2.05, 4.69) is 20.3 Å². The average molecular weight is 312 g/mol. The van der Waals surface area contributed by atoms with E-state index in [1.54, 1.807) is 18.5 Å². The Morgan fingerprint density at radius 3 is 2.77 bits per heavy atom. The van der Waals surface area contributed by atoms with E-state index in [9.17, 15) is 0 Å². The van der Waals surface area contributed by atoms with Gasteiger partial charge in [-0.15, -0.1) is 0 Å². The monoisotopic (exact) mass is 311 g/mol. The largest absolute Gasteiger partial charge is 0.384 e. The topological polar surface area (TPSA) is 76.7 Å². The van der Waals surface area contributed by atoms with Gasteiger partial charge in [-0.1, -0.05) is 17.7 Å². The SMILES string of the molecule is Nc1cc(-c2cccc(NCc3ccncc3)n2)c(Cl)cn1. The number of nitrogen functional groups attached to an aromatic ring is 1. The zero-order chi connectivity index (χ0) is 15.4. The van der Waals surface area contributed by atoms with Crippen LogP contribution in [0.1, 0.15) is 5.56 Å². The third-order valence-electron chi connectivity index (χ3n) is 3.12. The van der Waals surface area contributed by atoms with Crippen LogP contribution in [-0.2, 0) is 6.54 Å². The maximum Gasteiger partial charge on any atom is 0.126 e. The van der Waals surface area contributed by atoms with Gasteiger partial charge in [-0.25, -0.2) is 9.97 Å². The highest BCUT2D eigenvalue weighted by molar-refractivity contribution is 6.33. The molecular weight excluding hydrogens is 298 g/mol. The van der Waals surface area contributed by atoms with Crippen LogP contribution in [0.25, 0.3) is 11.3 Å². The molecule has 0 aliphatic carbocycles. The maximum atomic E-state index is 6.17. The highest BCUT2D eigenvalue weighted by Gasteiger charge is 2.07. The molecule has 0 saturated heterocycles. The predicted octanol–water partition coefficient (Wildman–Crippen LogP) is 3.39. The van der Waals surface area contributed by atoms with Crippen molar-refractivity contribution in [1.82, 2.24) is 15.0 Å². The number of nitrogens with one attached hydrogen (secondary N) is 1. The zero-order valence-electron chi connectivity index (χ0n) is 11.7. The fraction of sp³-hybridized carbons (Fsp3) is 0.0625. The second-order valence-electron chi connectivity index (χ2n) is 4.71. The highest BCUT2D eigenvalue weighted by Crippen LogP contribution is 2.27. The summed E-state index contributed by atoms with van der Waals surface area (Å²) in [5.74, 6) is 1.18. The Morgan fingerprint density at radius 1 is 1.14 bits per heavy atom. The van der Waals surface area contributed by atoms with Crippen molar-refractivity contribution in [2.24, 2.45) is 0 Å². The van der Waals surface area contributed by atoms with Gasteiger partial charge >= 0.3 is 0 Å². The molecule has 3 rings (SSSR count). The van der Waals surface area contributed by atoms with Crippen molar-refractivity contribution >= 4 is 23.2 Å². The summed E-state index contributed by atoms with van der Waals surface area (Å²) < 4.78 is 0. The Hall–Kier alpha value is -2.66. The second-order valence-corrected chi connectivity index (χ2v) is 5.11. The van der Waals surface area contributed by atoms with Crippen LogP contribution >= 0.6 is 11.6 Å². The Bertz CT molecular complexity index is 776. The molecule has 0 aromatic carbocycles. The molecule has 0 aliphatic rings. The minimum atomic E-state index is 0.413. The Kier molecular flexibility index (Phi) is 4.16. The normalized spacial score (nSPS) is 10.4. The van der Waals surface area contributed by atoms with Gasteiger partial charge in [0.1, 0.15) is 11.6 Å². The molecule has 3 N–H and O–H groups in total. The van der Waals surface area contributed by atoms with Crippen LogP contribution < -0.4 is 11.1 Å². The number of anilines is 2. The molecule has 3 aromatic rings. The fourth-order valence-electron chi connectivity index (χ4n) is 2.03. The van der Waals surface area contributed by atoms with E-state index < -0.39 is 0 Å². The number of hydrogen-bond donors (Lipinski definition) is 2. The first-order valence-electron chi connectivity index (χ1n) is 6.73. The van der Waals surface area contributed by atoms with Crippen LogP contribution in [0.3, 0.4) is 0 Å². The number of hydrogen-bond acceptors (Lipinski definition) is 5. The Labute approximate surface area is 133 Å². The summed E-state index contributed by atoms with van der Waals surface area (Å²) in [5, 5.41) is 3.80. The minimum Gasteiger partial charge on any atom is -0.384 e. The highest BCUT2D eigenvalue weighted by atomic mass is 35.5. The van der Waals surface area contributed by atoms with Crippen molar-refractivity contribution in [2.75, 3.05) is 11.1 Å². The van der Waals surface area contributed by atoms with Crippen LogP contribution in [0.5, 0.6) is 0 Å². The summed E-state index contributed by atoms with van der Waals surface area (Å²) in [7, 11) is 0. The van der Waals surface area contributed by atoms with Crippen molar-refractivity contribution in [3.8, 4) is 11.3 Å². The zero-order valence-corrected chi connectivity index (χ0v) is 12.5. The number of nitrogens with two attached hydrogens (primary N) is 1. The molecule has 0 radical (unpaired) electrons. The van der Waals surface area contributed by atoms with E-state index in [1.165, 1.54) is 6.20 Å². The van der Waals surface area contributed by atoms with E-state index in [-0.39, 0.29) is 0 Å². The van der Waals surface area contributed by atoms with Gasteiger partial charge in [-0.3, -0.25) is 4.98 Å². The lowest BCUT2D eigenvalue weighted by atomic mass is 10.1. The second kappa shape index (κ2) is 6.41. The molecule has 0 fully saturated rings. The molecule has 0 saturated carbocycles. The average Bonchev–Trinajstić information content (AvgIpc) is 2.56. The van der Waals surface area contributed by atoms with Gasteiger partial charge in [-0.05, 0) is 35.9 Å². The summed E-state index contributed by atoms with van der Waals surface area (Å²) >= 11 is 6.17. The number of pyridine rings is 3. The first kappa shape index (κ1) is 14.3. The maximum absolute atomic E-state index is 6.17. The predicted molar refractivity (Wildman–Crippen MR) is 88.5 cm³/mol.